The quantitative estimate of drug-likeness (QED) is 0.377. The topological polar surface area (TPSA) is 102 Å². The lowest BCUT2D eigenvalue weighted by atomic mass is 10.0. The van der Waals surface area contributed by atoms with Gasteiger partial charge in [0.1, 0.15) is 17.5 Å². The highest BCUT2D eigenvalue weighted by molar-refractivity contribution is 7.98. The van der Waals surface area contributed by atoms with Gasteiger partial charge in [-0.25, -0.2) is 14.8 Å². The third kappa shape index (κ3) is 5.12. The van der Waals surface area contributed by atoms with Gasteiger partial charge in [-0.2, -0.15) is 5.26 Å². The van der Waals surface area contributed by atoms with E-state index in [-0.39, 0.29) is 11.8 Å². The predicted octanol–water partition coefficient (Wildman–Crippen LogP) is 3.91. The van der Waals surface area contributed by atoms with Crippen LogP contribution in [0, 0.1) is 18.3 Å². The van der Waals surface area contributed by atoms with Gasteiger partial charge in [0.15, 0.2) is 5.16 Å². The van der Waals surface area contributed by atoms with E-state index in [1.54, 1.807) is 12.1 Å². The molecule has 3 aromatic rings. The van der Waals surface area contributed by atoms with Crippen molar-refractivity contribution in [2.24, 2.45) is 0 Å². The number of nitrogen functional groups attached to an aromatic ring is 1. The number of nitrogens with two attached hydrogens (primary N) is 1. The van der Waals surface area contributed by atoms with Crippen molar-refractivity contribution in [3.8, 4) is 6.07 Å². The van der Waals surface area contributed by atoms with E-state index in [2.05, 4.69) is 16.0 Å². The Balaban J connectivity index is 1.77. The van der Waals surface area contributed by atoms with Crippen LogP contribution in [-0.4, -0.2) is 23.0 Å². The van der Waals surface area contributed by atoms with E-state index < -0.39 is 0 Å². The van der Waals surface area contributed by atoms with Crippen molar-refractivity contribution in [3.63, 3.8) is 0 Å². The number of aromatic nitrogens is 2. The second kappa shape index (κ2) is 9.22. The third-order valence-electron chi connectivity index (χ3n) is 4.34. The van der Waals surface area contributed by atoms with Gasteiger partial charge in [0.05, 0.1) is 18.4 Å². The lowest BCUT2D eigenvalue weighted by Crippen LogP contribution is -2.06. The maximum absolute atomic E-state index is 11.5. The van der Waals surface area contributed by atoms with E-state index in [0.29, 0.717) is 34.2 Å². The number of thioether (sulfide) groups is 1. The van der Waals surface area contributed by atoms with Crippen LogP contribution in [0.5, 0.6) is 0 Å². The molecule has 2 aromatic carbocycles. The number of nitrogens with zero attached hydrogens (tertiary/aromatic N) is 3. The Bertz CT molecular complexity index is 1060. The molecule has 29 heavy (non-hydrogen) atoms. The first-order chi connectivity index (χ1) is 14.0. The molecule has 0 atom stereocenters. The summed E-state index contributed by atoms with van der Waals surface area (Å²) in [5.74, 6) is 0.429. The highest BCUT2D eigenvalue weighted by atomic mass is 32.2. The summed E-state index contributed by atoms with van der Waals surface area (Å²) in [6, 6.07) is 17.4. The van der Waals surface area contributed by atoms with Crippen molar-refractivity contribution in [2.75, 3.05) is 12.8 Å². The van der Waals surface area contributed by atoms with E-state index in [1.165, 1.54) is 24.4 Å². The van der Waals surface area contributed by atoms with Crippen LogP contribution in [-0.2, 0) is 16.9 Å². The number of methoxy groups -OCH3 is 1. The summed E-state index contributed by atoms with van der Waals surface area (Å²) in [6.07, 6.45) is 0.511. The SMILES string of the molecule is COC(=O)c1ccc(CSc2nc(N)c(C#N)c(Cc3ccc(C)cc3)n2)cc1. The van der Waals surface area contributed by atoms with Crippen molar-refractivity contribution >= 4 is 23.5 Å². The van der Waals surface area contributed by atoms with Gasteiger partial charge in [0, 0.05) is 12.2 Å². The smallest absolute Gasteiger partial charge is 0.337 e. The molecule has 0 aliphatic rings. The number of carbonyl (C=O) groups is 1. The summed E-state index contributed by atoms with van der Waals surface area (Å²) in [4.78, 5) is 20.4. The standard InChI is InChI=1S/C22H20N4O2S/c1-14-3-5-15(6-4-14)11-19-18(12-23)20(24)26-22(25-19)29-13-16-7-9-17(10-8-16)21(27)28-2/h3-10H,11,13H2,1-2H3,(H2,24,25,26). The molecule has 1 heterocycles. The van der Waals surface area contributed by atoms with Gasteiger partial charge >= 0.3 is 5.97 Å². The van der Waals surface area contributed by atoms with Crippen molar-refractivity contribution in [2.45, 2.75) is 24.3 Å². The minimum Gasteiger partial charge on any atom is -0.465 e. The number of rotatable bonds is 6. The monoisotopic (exact) mass is 404 g/mol. The maximum atomic E-state index is 11.5. The minimum atomic E-state index is -0.367. The summed E-state index contributed by atoms with van der Waals surface area (Å²) in [5, 5.41) is 9.97. The maximum Gasteiger partial charge on any atom is 0.337 e. The van der Waals surface area contributed by atoms with Gasteiger partial charge in [-0.3, -0.25) is 0 Å². The molecular weight excluding hydrogens is 384 g/mol. The van der Waals surface area contributed by atoms with Gasteiger partial charge in [0.2, 0.25) is 0 Å². The van der Waals surface area contributed by atoms with Crippen LogP contribution >= 0.6 is 11.8 Å². The number of carbonyl (C=O) groups excluding carboxylic acids is 1. The Morgan fingerprint density at radius 1 is 1.10 bits per heavy atom. The average Bonchev–Trinajstić information content (AvgIpc) is 2.73. The zero-order chi connectivity index (χ0) is 20.8. The summed E-state index contributed by atoms with van der Waals surface area (Å²) in [7, 11) is 1.35. The number of aryl methyl sites for hydroxylation is 1. The number of benzene rings is 2. The fourth-order valence-electron chi connectivity index (χ4n) is 2.72. The molecule has 0 amide bonds. The molecule has 0 spiro atoms. The first-order valence-corrected chi connectivity index (χ1v) is 9.90. The zero-order valence-electron chi connectivity index (χ0n) is 16.2. The Morgan fingerprint density at radius 2 is 1.76 bits per heavy atom. The van der Waals surface area contributed by atoms with Crippen LogP contribution in [0.25, 0.3) is 0 Å². The number of esters is 1. The molecule has 3 rings (SSSR count). The number of nitriles is 1. The fourth-order valence-corrected chi connectivity index (χ4v) is 3.55. The molecule has 0 radical (unpaired) electrons. The zero-order valence-corrected chi connectivity index (χ0v) is 17.0. The van der Waals surface area contributed by atoms with Crippen LogP contribution in [0.1, 0.15) is 38.3 Å². The first kappa shape index (κ1) is 20.4. The van der Waals surface area contributed by atoms with Crippen molar-refractivity contribution < 1.29 is 9.53 Å². The van der Waals surface area contributed by atoms with Gasteiger partial charge in [0.25, 0.3) is 0 Å². The van der Waals surface area contributed by atoms with Crippen LogP contribution in [0.15, 0.2) is 53.7 Å². The van der Waals surface area contributed by atoms with Crippen LogP contribution in [0.3, 0.4) is 0 Å². The van der Waals surface area contributed by atoms with Crippen molar-refractivity contribution in [1.29, 1.82) is 5.26 Å². The molecular formula is C22H20N4O2S. The number of anilines is 1. The molecule has 146 valence electrons. The summed E-state index contributed by atoms with van der Waals surface area (Å²) >= 11 is 1.43. The van der Waals surface area contributed by atoms with E-state index >= 15 is 0 Å². The molecule has 0 fully saturated rings. The summed E-state index contributed by atoms with van der Waals surface area (Å²) < 4.78 is 4.70. The van der Waals surface area contributed by atoms with Crippen LogP contribution < -0.4 is 5.73 Å². The van der Waals surface area contributed by atoms with E-state index in [1.807, 2.05) is 43.3 Å². The highest BCUT2D eigenvalue weighted by Crippen LogP contribution is 2.24. The fraction of sp³-hybridized carbons (Fsp3) is 0.182. The lowest BCUT2D eigenvalue weighted by molar-refractivity contribution is 0.0600. The van der Waals surface area contributed by atoms with Crippen LogP contribution in [0.2, 0.25) is 0 Å². The number of hydrogen-bond donors (Lipinski definition) is 1. The molecule has 0 saturated heterocycles. The molecule has 2 N–H and O–H groups in total. The molecule has 0 aliphatic carbocycles. The highest BCUT2D eigenvalue weighted by Gasteiger charge is 2.14. The molecule has 0 aliphatic heterocycles. The summed E-state index contributed by atoms with van der Waals surface area (Å²) in [6.45, 7) is 2.03. The molecule has 0 saturated carbocycles. The summed E-state index contributed by atoms with van der Waals surface area (Å²) in [5.41, 5.74) is 10.7. The molecule has 6 nitrogen and oxygen atoms in total. The Morgan fingerprint density at radius 3 is 2.38 bits per heavy atom. The van der Waals surface area contributed by atoms with E-state index in [4.69, 9.17) is 10.5 Å². The van der Waals surface area contributed by atoms with Gasteiger partial charge in [-0.1, -0.05) is 53.7 Å². The second-order valence-corrected chi connectivity index (χ2v) is 7.41. The van der Waals surface area contributed by atoms with E-state index in [0.717, 1.165) is 11.1 Å². The van der Waals surface area contributed by atoms with Gasteiger partial charge in [-0.15, -0.1) is 0 Å². The Kier molecular flexibility index (Phi) is 6.47. The molecule has 0 unspecified atom stereocenters. The normalized spacial score (nSPS) is 10.4. The molecule has 1 aromatic heterocycles. The number of hydrogen-bond acceptors (Lipinski definition) is 7. The lowest BCUT2D eigenvalue weighted by Gasteiger charge is -2.09. The second-order valence-electron chi connectivity index (χ2n) is 6.46. The van der Waals surface area contributed by atoms with E-state index in [9.17, 15) is 10.1 Å². The molecule has 0 bridgehead atoms. The largest absolute Gasteiger partial charge is 0.465 e. The van der Waals surface area contributed by atoms with Crippen LogP contribution in [0.4, 0.5) is 5.82 Å². The minimum absolute atomic E-state index is 0.188. The Labute approximate surface area is 173 Å². The molecule has 7 heteroatoms. The van der Waals surface area contributed by atoms with Crippen molar-refractivity contribution in [3.05, 3.63) is 82.0 Å². The predicted molar refractivity (Wildman–Crippen MR) is 112 cm³/mol. The average molecular weight is 404 g/mol. The van der Waals surface area contributed by atoms with Gasteiger partial charge < -0.3 is 10.5 Å². The Hall–Kier alpha value is -3.37. The first-order valence-electron chi connectivity index (χ1n) is 8.92. The van der Waals surface area contributed by atoms with Gasteiger partial charge in [-0.05, 0) is 30.2 Å². The number of ether oxygens (including phenoxy) is 1. The van der Waals surface area contributed by atoms with Crippen molar-refractivity contribution in [1.82, 2.24) is 9.97 Å². The third-order valence-corrected chi connectivity index (χ3v) is 5.26.